The molecule has 7 rings (SSSR count). The first-order valence-electron chi connectivity index (χ1n) is 18.0. The van der Waals surface area contributed by atoms with Gasteiger partial charge in [-0.15, -0.1) is 0 Å². The summed E-state index contributed by atoms with van der Waals surface area (Å²) in [5, 5.41) is 0. The van der Waals surface area contributed by atoms with Crippen LogP contribution in [0.4, 0.5) is 0 Å². The first-order valence-corrected chi connectivity index (χ1v) is 18.0. The van der Waals surface area contributed by atoms with Gasteiger partial charge in [-0.25, -0.2) is 0 Å². The van der Waals surface area contributed by atoms with E-state index in [4.69, 9.17) is 4.74 Å². The number of hydrogen-bond acceptors (Lipinski definition) is 4. The van der Waals surface area contributed by atoms with Crippen LogP contribution >= 0.6 is 0 Å². The van der Waals surface area contributed by atoms with E-state index in [2.05, 4.69) is 56.9 Å². The second-order valence-electron chi connectivity index (χ2n) is 16.4. The summed E-state index contributed by atoms with van der Waals surface area (Å²) < 4.78 is 7.29. The molecule has 44 heavy (non-hydrogen) atoms. The number of rotatable bonds is 5. The maximum atomic E-state index is 13.5. The van der Waals surface area contributed by atoms with Gasteiger partial charge in [0.2, 0.25) is 5.91 Å². The van der Waals surface area contributed by atoms with E-state index in [1.54, 1.807) is 11.1 Å². The van der Waals surface area contributed by atoms with Gasteiger partial charge < -0.3 is 9.64 Å². The Morgan fingerprint density at radius 2 is 1.89 bits per heavy atom. The molecule has 4 aliphatic carbocycles. The van der Waals surface area contributed by atoms with Crippen LogP contribution in [0.25, 0.3) is 0 Å². The van der Waals surface area contributed by atoms with Crippen molar-refractivity contribution in [1.29, 1.82) is 0 Å². The summed E-state index contributed by atoms with van der Waals surface area (Å²) in [5.74, 6) is 4.52. The third-order valence-electron chi connectivity index (χ3n) is 14.0. The van der Waals surface area contributed by atoms with Gasteiger partial charge in [0.1, 0.15) is 5.78 Å². The third-order valence-corrected chi connectivity index (χ3v) is 14.0. The molecule has 0 aromatic heterocycles. The summed E-state index contributed by atoms with van der Waals surface area (Å²) in [5.41, 5.74) is 4.88. The number of ether oxygens (including phenoxy) is 1. The van der Waals surface area contributed by atoms with Crippen molar-refractivity contribution in [1.82, 2.24) is 9.80 Å². The average molecular weight is 601 g/mol. The first kappa shape index (κ1) is 30.7. The molecular formula is C39H56N2O3. The molecule has 0 radical (unpaired) electrons. The van der Waals surface area contributed by atoms with E-state index >= 15 is 0 Å². The lowest BCUT2D eigenvalue weighted by molar-refractivity contribution is -0.133. The van der Waals surface area contributed by atoms with Gasteiger partial charge in [-0.1, -0.05) is 62.2 Å². The number of likely N-dealkylation sites (N-methyl/N-ethyl adjacent to an activating group) is 1. The number of carbonyl (C=O) groups excluding carboxylic acids is 2. The van der Waals surface area contributed by atoms with Gasteiger partial charge in [0.15, 0.2) is 0 Å². The van der Waals surface area contributed by atoms with Crippen LogP contribution in [0.1, 0.15) is 97.5 Å². The second kappa shape index (κ2) is 11.7. The van der Waals surface area contributed by atoms with E-state index in [1.807, 2.05) is 18.0 Å². The van der Waals surface area contributed by atoms with Crippen LogP contribution in [-0.2, 0) is 20.7 Å². The molecule has 10 atom stereocenters. The number of allylic oxidation sites excluding steroid dienone is 1. The SMILES string of the molecule is CC1=C2C[C@H]3C(CC[C@@H]4CC(=O)CC[C@@]43C)[C@@H]2CC[C@@]2(C1)O[C@@H]1C[C@H](C)CN(CC(=O)N(C)CCc3ccccc3)[C@H]1[C@H]2C. The van der Waals surface area contributed by atoms with Crippen LogP contribution < -0.4 is 0 Å². The largest absolute Gasteiger partial charge is 0.369 e. The molecule has 1 spiro atoms. The van der Waals surface area contributed by atoms with Gasteiger partial charge in [-0.05, 0) is 105 Å². The molecule has 2 saturated heterocycles. The van der Waals surface area contributed by atoms with Crippen LogP contribution in [0.15, 0.2) is 41.5 Å². The Morgan fingerprint density at radius 1 is 1.09 bits per heavy atom. The van der Waals surface area contributed by atoms with Crippen molar-refractivity contribution in [2.24, 2.45) is 40.9 Å². The van der Waals surface area contributed by atoms with Crippen LogP contribution in [0, 0.1) is 40.9 Å². The first-order chi connectivity index (χ1) is 21.1. The Hall–Kier alpha value is -1.98. The summed E-state index contributed by atoms with van der Waals surface area (Å²) in [4.78, 5) is 30.3. The monoisotopic (exact) mass is 600 g/mol. The minimum absolute atomic E-state index is 0.116. The van der Waals surface area contributed by atoms with Crippen molar-refractivity contribution < 1.29 is 14.3 Å². The van der Waals surface area contributed by atoms with E-state index in [-0.39, 0.29) is 17.6 Å². The molecule has 0 N–H and O–H groups in total. The van der Waals surface area contributed by atoms with Gasteiger partial charge in [0.05, 0.1) is 18.2 Å². The Balaban J connectivity index is 1.06. The molecule has 6 aliphatic rings. The number of hydrogen-bond donors (Lipinski definition) is 0. The maximum Gasteiger partial charge on any atom is 0.236 e. The van der Waals surface area contributed by atoms with Crippen LogP contribution in [0.5, 0.6) is 0 Å². The number of ketones is 1. The van der Waals surface area contributed by atoms with Gasteiger partial charge in [0.25, 0.3) is 0 Å². The third kappa shape index (κ3) is 5.22. The minimum atomic E-state index is -0.116. The molecule has 1 aromatic carbocycles. The summed E-state index contributed by atoms with van der Waals surface area (Å²) in [6, 6.07) is 10.8. The molecule has 1 amide bonds. The molecule has 2 heterocycles. The zero-order valence-electron chi connectivity index (χ0n) is 28.0. The normalized spacial score (nSPS) is 42.0. The van der Waals surface area contributed by atoms with Crippen molar-refractivity contribution in [3.05, 3.63) is 47.0 Å². The minimum Gasteiger partial charge on any atom is -0.369 e. The van der Waals surface area contributed by atoms with Crippen LogP contribution in [-0.4, -0.2) is 65.9 Å². The highest BCUT2D eigenvalue weighted by molar-refractivity contribution is 5.79. The fraction of sp³-hybridized carbons (Fsp3) is 0.744. The number of amides is 1. The quantitative estimate of drug-likeness (QED) is 0.339. The highest BCUT2D eigenvalue weighted by Crippen LogP contribution is 2.65. The predicted octanol–water partition coefficient (Wildman–Crippen LogP) is 7.09. The molecule has 0 bridgehead atoms. The highest BCUT2D eigenvalue weighted by atomic mass is 16.5. The number of benzene rings is 1. The van der Waals surface area contributed by atoms with Crippen molar-refractivity contribution in [3.8, 4) is 0 Å². The standard InChI is InChI=1S/C39H56N2O3/c1-25-19-35-37(41(23-25)24-36(43)40(5)18-15-28-9-7-6-8-10-28)27(3)39(44-35)17-14-31-32-12-11-29-20-30(42)13-16-38(29,4)34(32)21-33(31)26(2)22-39/h6-10,25,27,29,31-32,34-35,37H,11-24H2,1-5H3/t25-,27+,29+,31-,32?,34-,35+,37-,38-,39-/m0/s1. The lowest BCUT2D eigenvalue weighted by Crippen LogP contribution is -2.54. The zero-order chi connectivity index (χ0) is 30.8. The number of nitrogens with zero attached hydrogens (tertiary/aromatic N) is 2. The van der Waals surface area contributed by atoms with E-state index in [1.165, 1.54) is 31.2 Å². The Kier molecular flexibility index (Phi) is 8.13. The van der Waals surface area contributed by atoms with Gasteiger partial charge in [0, 0.05) is 44.9 Å². The van der Waals surface area contributed by atoms with Gasteiger partial charge in [-0.3, -0.25) is 14.5 Å². The highest BCUT2D eigenvalue weighted by Gasteiger charge is 2.60. The Labute approximate surface area is 266 Å². The fourth-order valence-corrected chi connectivity index (χ4v) is 11.5. The molecule has 5 heteroatoms. The lowest BCUT2D eigenvalue weighted by atomic mass is 9.52. The summed E-state index contributed by atoms with van der Waals surface area (Å²) in [6.45, 7) is 12.0. The van der Waals surface area contributed by atoms with Crippen molar-refractivity contribution in [2.45, 2.75) is 116 Å². The van der Waals surface area contributed by atoms with Crippen LogP contribution in [0.3, 0.4) is 0 Å². The number of likely N-dealkylation sites (tertiary alicyclic amines) is 1. The molecule has 5 fully saturated rings. The summed E-state index contributed by atoms with van der Waals surface area (Å²) in [7, 11) is 1.97. The molecule has 5 nitrogen and oxygen atoms in total. The van der Waals surface area contributed by atoms with Gasteiger partial charge in [-0.2, -0.15) is 0 Å². The van der Waals surface area contributed by atoms with E-state index < -0.39 is 0 Å². The Morgan fingerprint density at radius 3 is 2.68 bits per heavy atom. The Bertz CT molecular complexity index is 1290. The fourth-order valence-electron chi connectivity index (χ4n) is 11.5. The topological polar surface area (TPSA) is 49.9 Å². The smallest absolute Gasteiger partial charge is 0.236 e. The summed E-state index contributed by atoms with van der Waals surface area (Å²) in [6.07, 6.45) is 12.2. The van der Waals surface area contributed by atoms with E-state index in [0.29, 0.717) is 47.5 Å². The van der Waals surface area contributed by atoms with Crippen LogP contribution in [0.2, 0.25) is 0 Å². The van der Waals surface area contributed by atoms with E-state index in [9.17, 15) is 9.59 Å². The molecule has 3 saturated carbocycles. The zero-order valence-corrected chi connectivity index (χ0v) is 28.0. The molecular weight excluding hydrogens is 544 g/mol. The van der Waals surface area contributed by atoms with Crippen molar-refractivity contribution in [3.63, 3.8) is 0 Å². The van der Waals surface area contributed by atoms with Gasteiger partial charge >= 0.3 is 0 Å². The average Bonchev–Trinajstić information content (AvgIpc) is 3.46. The molecule has 1 unspecified atom stereocenters. The molecule has 240 valence electrons. The maximum absolute atomic E-state index is 13.5. The lowest BCUT2D eigenvalue weighted by Gasteiger charge is -2.52. The molecule has 1 aromatic rings. The number of fused-ring (bicyclic) bond motifs is 6. The number of carbonyl (C=O) groups is 2. The van der Waals surface area contributed by atoms with E-state index in [0.717, 1.165) is 69.9 Å². The molecule has 2 aliphatic heterocycles. The van der Waals surface area contributed by atoms with Crippen molar-refractivity contribution in [2.75, 3.05) is 26.7 Å². The second-order valence-corrected chi connectivity index (χ2v) is 16.4. The number of Topliss-reactive ketones (excluding diaryl/α,β-unsaturated/α-hetero) is 1. The number of piperidine rings is 1. The van der Waals surface area contributed by atoms with Crippen molar-refractivity contribution >= 4 is 11.7 Å². The summed E-state index contributed by atoms with van der Waals surface area (Å²) >= 11 is 0. The predicted molar refractivity (Wildman–Crippen MR) is 175 cm³/mol.